The molecule has 1 aromatic rings. The number of halogens is 3. The zero-order chi connectivity index (χ0) is 36.4. The van der Waals surface area contributed by atoms with Crippen LogP contribution in [-0.2, 0) is 4.79 Å². The van der Waals surface area contributed by atoms with Crippen LogP contribution >= 0.6 is 0 Å². The molecule has 0 aromatic heterocycles. The van der Waals surface area contributed by atoms with Crippen LogP contribution < -0.4 is 14.8 Å². The molecule has 0 bridgehead atoms. The van der Waals surface area contributed by atoms with Gasteiger partial charge in [-0.3, -0.25) is 0 Å². The van der Waals surface area contributed by atoms with E-state index in [-0.39, 0.29) is 33.6 Å². The Kier molecular flexibility index (Phi) is 2.54. The van der Waals surface area contributed by atoms with Crippen molar-refractivity contribution in [2.75, 3.05) is 30.9 Å². The number of carboxylic acid groups (broad SMARTS) is 1. The largest absolute Gasteiger partial charge is 0.490 e. The van der Waals surface area contributed by atoms with Gasteiger partial charge in [-0.1, -0.05) is 0 Å². The number of nitrogens with zero attached hydrogens (tertiary/aromatic N) is 3. The van der Waals surface area contributed by atoms with Gasteiger partial charge < -0.3 is 14.4 Å². The van der Waals surface area contributed by atoms with Gasteiger partial charge in [0.15, 0.2) is 11.3 Å². The molecule has 1 aliphatic carbocycles. The fourth-order valence-corrected chi connectivity index (χ4v) is 2.53. The Bertz CT molecular complexity index is 1750. The van der Waals surface area contributed by atoms with Crippen molar-refractivity contribution in [2.45, 2.75) is 31.7 Å². The molecule has 0 atom stereocenters. The fraction of sp³-hybridized carbons (Fsp3) is 0.409. The van der Waals surface area contributed by atoms with Crippen molar-refractivity contribution in [3.05, 3.63) is 41.8 Å². The Labute approximate surface area is 199 Å². The van der Waals surface area contributed by atoms with Gasteiger partial charge in [0.2, 0.25) is 5.36 Å². The second kappa shape index (κ2) is 8.56. The predicted molar refractivity (Wildman–Crippen MR) is 110 cm³/mol. The van der Waals surface area contributed by atoms with Gasteiger partial charge in [-0.05, 0) is 30.9 Å². The molecular weight excluding hydrogens is 411 g/mol. The van der Waals surface area contributed by atoms with Crippen molar-refractivity contribution in [3.63, 3.8) is 0 Å². The molecule has 3 aliphatic heterocycles. The van der Waals surface area contributed by atoms with Gasteiger partial charge in [-0.15, -0.1) is 0 Å². The van der Waals surface area contributed by atoms with Crippen LogP contribution in [0.15, 0.2) is 40.8 Å². The lowest BCUT2D eigenvalue weighted by Gasteiger charge is -2.17. The second-order valence-electron chi connectivity index (χ2n) is 5.94. The molecule has 5 rings (SSSR count). The molecular formula is C22H23F3N3O3+. The summed E-state index contributed by atoms with van der Waals surface area (Å²) in [5.74, 6) is -2.84. The van der Waals surface area contributed by atoms with Gasteiger partial charge in [0.1, 0.15) is 29.7 Å². The van der Waals surface area contributed by atoms with Crippen molar-refractivity contribution < 1.29 is 49.4 Å². The number of carbonyl (C=O) groups is 1. The average Bonchev–Trinajstić information content (AvgIpc) is 3.02. The molecule has 9 heteroatoms. The number of anilines is 1. The van der Waals surface area contributed by atoms with Crippen molar-refractivity contribution in [3.8, 4) is 11.5 Å². The highest BCUT2D eigenvalue weighted by Crippen LogP contribution is 2.28. The molecule has 2 fully saturated rings. The van der Waals surface area contributed by atoms with Crippen molar-refractivity contribution in [2.24, 2.45) is 0 Å². The zero-order valence-corrected chi connectivity index (χ0v) is 15.2. The summed E-state index contributed by atoms with van der Waals surface area (Å²) in [7, 11) is 0. The average molecular weight is 451 g/mol. The number of fused-ring (bicyclic) bond motifs is 2. The lowest BCUT2D eigenvalue weighted by atomic mass is 10.2. The Morgan fingerprint density at radius 2 is 1.77 bits per heavy atom. The maximum atomic E-state index is 10.6. The Hall–Kier alpha value is -3.10. The van der Waals surface area contributed by atoms with Gasteiger partial charge in [-0.25, -0.2) is 14.4 Å². The number of rotatable bonds is 1. The number of carboxylic acids is 1. The Morgan fingerprint density at radius 1 is 1.10 bits per heavy atom. The van der Waals surface area contributed by atoms with E-state index >= 15 is 0 Å². The minimum atomic E-state index is -5.08. The molecule has 0 radical (unpaired) electrons. The van der Waals surface area contributed by atoms with Crippen LogP contribution in [0.25, 0.3) is 22.6 Å². The van der Waals surface area contributed by atoms with Crippen LogP contribution in [0.1, 0.15) is 47.4 Å². The molecule has 164 valence electrons. The lowest BCUT2D eigenvalue weighted by Crippen LogP contribution is -2.26. The molecule has 0 amide bonds. The van der Waals surface area contributed by atoms with E-state index in [1.807, 2.05) is 0 Å². The number of hydrogen-bond acceptors (Lipinski definition) is 4. The predicted octanol–water partition coefficient (Wildman–Crippen LogP) is 3.73. The normalized spacial score (nSPS) is 37.3. The molecule has 2 saturated heterocycles. The van der Waals surface area contributed by atoms with E-state index in [0.717, 1.165) is 12.1 Å². The van der Waals surface area contributed by atoms with E-state index in [4.69, 9.17) is 36.3 Å². The number of hydrogen-bond donors (Lipinski definition) is 1. The second-order valence-corrected chi connectivity index (χ2v) is 5.94. The zero-order valence-electron chi connectivity index (χ0n) is 31.2. The third-order valence-electron chi connectivity index (χ3n) is 3.90. The Balaban J connectivity index is 0.000000644. The summed E-state index contributed by atoms with van der Waals surface area (Å²) in [6, 6.07) is 7.39. The number of alkyl halides is 3. The molecule has 4 aliphatic rings. The molecule has 1 N–H and O–H groups in total. The minimum absolute atomic E-state index is 0.0834. The third kappa shape index (κ3) is 4.81. The van der Waals surface area contributed by atoms with Crippen LogP contribution in [0.3, 0.4) is 0 Å². The molecule has 1 aromatic carbocycles. The monoisotopic (exact) mass is 450 g/mol. The first-order chi connectivity index (χ1) is 20.8. The maximum absolute atomic E-state index is 10.6. The molecule has 6 nitrogen and oxygen atoms in total. The molecule has 0 unspecified atom stereocenters. The van der Waals surface area contributed by atoms with Crippen LogP contribution in [0.5, 0.6) is 0 Å². The summed E-state index contributed by atoms with van der Waals surface area (Å²) in [5, 5.41) is 6.86. The topological polar surface area (TPSA) is 69.6 Å². The standard InChI is InChI=1S/C20H22N3O.C2HF3O2/c1-2-10-22(9-1)15-5-7-17-19(13-15)24-20-14-16(6-8-18(20)21-17)23-11-3-4-12-23;3-2(4,5)1(6)7/h5-8,13-14H,1-4,9-12H2;(H,6,7)/q+1;/i1D2,2D2,3D2,4D2,9D2,10D2,11D2,12D2;. The molecule has 0 spiro atoms. The van der Waals surface area contributed by atoms with Crippen LogP contribution in [0, 0.1) is 0 Å². The van der Waals surface area contributed by atoms with Crippen LogP contribution in [0.4, 0.5) is 18.9 Å². The van der Waals surface area contributed by atoms with E-state index < -0.39 is 63.6 Å². The summed E-state index contributed by atoms with van der Waals surface area (Å²) in [4.78, 5) is 13.6. The van der Waals surface area contributed by atoms with E-state index in [2.05, 4.69) is 4.98 Å². The van der Waals surface area contributed by atoms with Gasteiger partial charge >= 0.3 is 12.1 Å². The van der Waals surface area contributed by atoms with Crippen LogP contribution in [-0.4, -0.2) is 48.2 Å². The molecule has 31 heavy (non-hydrogen) atoms. The smallest absolute Gasteiger partial charge is 0.475 e. The first-order valence-corrected chi connectivity index (χ1v) is 8.42. The van der Waals surface area contributed by atoms with Gasteiger partial charge in [0.05, 0.1) is 6.07 Å². The van der Waals surface area contributed by atoms with E-state index in [1.54, 1.807) is 0 Å². The first kappa shape index (κ1) is 9.18. The summed E-state index contributed by atoms with van der Waals surface area (Å²) < 4.78 is 168. The van der Waals surface area contributed by atoms with Crippen molar-refractivity contribution >= 4 is 22.8 Å². The van der Waals surface area contributed by atoms with Gasteiger partial charge in [-0.2, -0.15) is 13.2 Å². The van der Waals surface area contributed by atoms with Gasteiger partial charge in [0, 0.05) is 60.0 Å². The number of aliphatic carboxylic acids is 1. The van der Waals surface area contributed by atoms with Crippen molar-refractivity contribution in [1.82, 2.24) is 9.56 Å². The molecule has 3 heterocycles. The van der Waals surface area contributed by atoms with Gasteiger partial charge in [0.25, 0.3) is 0 Å². The number of aromatic nitrogens is 1. The van der Waals surface area contributed by atoms with E-state index in [9.17, 15) is 13.2 Å². The summed E-state index contributed by atoms with van der Waals surface area (Å²) >= 11 is 0. The highest BCUT2D eigenvalue weighted by Gasteiger charge is 2.38. The molecule has 0 saturated carbocycles. The van der Waals surface area contributed by atoms with Crippen molar-refractivity contribution in [1.29, 1.82) is 0 Å². The van der Waals surface area contributed by atoms with E-state index in [1.165, 1.54) is 24.3 Å². The lowest BCUT2D eigenvalue weighted by molar-refractivity contribution is -0.192. The number of benzene rings is 2. The van der Waals surface area contributed by atoms with E-state index in [0.29, 0.717) is 9.48 Å². The summed E-state index contributed by atoms with van der Waals surface area (Å²) in [6.45, 7) is -12.5. The van der Waals surface area contributed by atoms with Crippen LogP contribution in [0.2, 0.25) is 0 Å². The highest BCUT2D eigenvalue weighted by atomic mass is 19.4. The quantitative estimate of drug-likeness (QED) is 0.452. The minimum Gasteiger partial charge on any atom is -0.475 e. The third-order valence-corrected chi connectivity index (χ3v) is 3.90. The first-order valence-electron chi connectivity index (χ1n) is 16.4. The summed E-state index contributed by atoms with van der Waals surface area (Å²) in [5.41, 5.74) is 0.0342. The maximum Gasteiger partial charge on any atom is 0.490 e. The highest BCUT2D eigenvalue weighted by molar-refractivity contribution is 5.80. The Morgan fingerprint density at radius 3 is 2.42 bits per heavy atom. The SMILES string of the molecule is O=C(O)C(F)(F)F.[2H]C1([2H])N(c2ccc3nc4ccc(=[N+]5C([2H])([2H])C([2H])([2H])C([2H])([2H])C5([2H])[2H])cc-4oc3c2)C([2H])([2H])C([2H])([2H])C1([2H])[2H]. The summed E-state index contributed by atoms with van der Waals surface area (Å²) in [6.07, 6.45) is -18.1. The fourth-order valence-electron chi connectivity index (χ4n) is 2.53.